The molecule has 0 aliphatic heterocycles. The van der Waals surface area contributed by atoms with Crippen LogP contribution in [-0.4, -0.2) is 4.98 Å². The van der Waals surface area contributed by atoms with Gasteiger partial charge in [-0.2, -0.15) is 5.26 Å². The third-order valence-electron chi connectivity index (χ3n) is 1.93. The summed E-state index contributed by atoms with van der Waals surface area (Å²) in [7, 11) is 0. The van der Waals surface area contributed by atoms with Crippen LogP contribution in [0.15, 0.2) is 28.9 Å². The molecule has 0 atom stereocenters. The SMILES string of the molecule is N#Cc1c(Cl)ncc2cccc(Br)c12. The Morgan fingerprint density at radius 3 is 2.93 bits per heavy atom. The molecule has 0 spiro atoms. The van der Waals surface area contributed by atoms with Gasteiger partial charge in [-0.3, -0.25) is 0 Å². The number of fused-ring (bicyclic) bond motifs is 1. The molecule has 1 aromatic carbocycles. The van der Waals surface area contributed by atoms with Gasteiger partial charge in [0, 0.05) is 21.4 Å². The maximum absolute atomic E-state index is 8.95. The first kappa shape index (κ1) is 9.45. The van der Waals surface area contributed by atoms with Crippen LogP contribution < -0.4 is 0 Å². The smallest absolute Gasteiger partial charge is 0.147 e. The van der Waals surface area contributed by atoms with Crippen LogP contribution in [0.4, 0.5) is 0 Å². The van der Waals surface area contributed by atoms with Crippen LogP contribution in [0.5, 0.6) is 0 Å². The number of nitriles is 1. The lowest BCUT2D eigenvalue weighted by Gasteiger charge is -2.02. The third-order valence-corrected chi connectivity index (χ3v) is 2.88. The lowest BCUT2D eigenvalue weighted by atomic mass is 10.1. The van der Waals surface area contributed by atoms with E-state index in [9.17, 15) is 0 Å². The van der Waals surface area contributed by atoms with Gasteiger partial charge in [0.2, 0.25) is 0 Å². The molecule has 0 bridgehead atoms. The molecule has 2 rings (SSSR count). The van der Waals surface area contributed by atoms with Gasteiger partial charge in [0.1, 0.15) is 11.2 Å². The molecule has 2 nitrogen and oxygen atoms in total. The highest BCUT2D eigenvalue weighted by Gasteiger charge is 2.08. The molecule has 0 amide bonds. The van der Waals surface area contributed by atoms with Crippen molar-refractivity contribution in [1.82, 2.24) is 4.98 Å². The number of halogens is 2. The zero-order valence-electron chi connectivity index (χ0n) is 6.96. The lowest BCUT2D eigenvalue weighted by Crippen LogP contribution is -1.86. The Balaban J connectivity index is 3.01. The molecular weight excluding hydrogens is 263 g/mol. The molecule has 0 fully saturated rings. The number of rotatable bonds is 0. The molecule has 68 valence electrons. The number of hydrogen-bond acceptors (Lipinski definition) is 2. The van der Waals surface area contributed by atoms with Gasteiger partial charge < -0.3 is 0 Å². The van der Waals surface area contributed by atoms with E-state index in [0.717, 1.165) is 15.2 Å². The van der Waals surface area contributed by atoms with Gasteiger partial charge >= 0.3 is 0 Å². The zero-order chi connectivity index (χ0) is 10.1. The maximum atomic E-state index is 8.95. The van der Waals surface area contributed by atoms with Crippen LogP contribution >= 0.6 is 27.5 Å². The summed E-state index contributed by atoms with van der Waals surface area (Å²) in [5, 5.41) is 10.9. The van der Waals surface area contributed by atoms with E-state index in [0.29, 0.717) is 5.56 Å². The molecular formula is C10H4BrClN2. The predicted octanol–water partition coefficient (Wildman–Crippen LogP) is 3.52. The second-order valence-corrected chi connectivity index (χ2v) is 3.95. The fourth-order valence-corrected chi connectivity index (χ4v) is 2.07. The fraction of sp³-hybridized carbons (Fsp3) is 0. The zero-order valence-corrected chi connectivity index (χ0v) is 9.30. The Morgan fingerprint density at radius 1 is 1.43 bits per heavy atom. The van der Waals surface area contributed by atoms with E-state index >= 15 is 0 Å². The standard InChI is InChI=1S/C10H4BrClN2/c11-8-3-1-2-6-5-14-10(12)7(4-13)9(6)8/h1-3,5H. The summed E-state index contributed by atoms with van der Waals surface area (Å²) in [6, 6.07) is 7.71. The van der Waals surface area contributed by atoms with Crippen molar-refractivity contribution in [2.75, 3.05) is 0 Å². The van der Waals surface area contributed by atoms with Crippen molar-refractivity contribution >= 4 is 38.3 Å². The van der Waals surface area contributed by atoms with Gasteiger partial charge in [0.15, 0.2) is 0 Å². The van der Waals surface area contributed by atoms with E-state index < -0.39 is 0 Å². The summed E-state index contributed by atoms with van der Waals surface area (Å²) in [6.45, 7) is 0. The number of hydrogen-bond donors (Lipinski definition) is 0. The van der Waals surface area contributed by atoms with Crippen LogP contribution in [-0.2, 0) is 0 Å². The van der Waals surface area contributed by atoms with Crippen molar-refractivity contribution in [3.63, 3.8) is 0 Å². The van der Waals surface area contributed by atoms with Crippen molar-refractivity contribution in [2.45, 2.75) is 0 Å². The van der Waals surface area contributed by atoms with Gasteiger partial charge in [0.25, 0.3) is 0 Å². The molecule has 4 heteroatoms. The van der Waals surface area contributed by atoms with Crippen molar-refractivity contribution in [3.05, 3.63) is 39.6 Å². The van der Waals surface area contributed by atoms with Crippen molar-refractivity contribution < 1.29 is 0 Å². The molecule has 2 aromatic rings. The quantitative estimate of drug-likeness (QED) is 0.685. The second kappa shape index (κ2) is 3.56. The molecule has 0 unspecified atom stereocenters. The number of pyridine rings is 1. The van der Waals surface area contributed by atoms with E-state index in [1.807, 2.05) is 18.2 Å². The van der Waals surface area contributed by atoms with Crippen LogP contribution in [0.2, 0.25) is 5.15 Å². The minimum absolute atomic E-state index is 0.243. The number of benzene rings is 1. The molecule has 1 aromatic heterocycles. The van der Waals surface area contributed by atoms with Crippen molar-refractivity contribution in [1.29, 1.82) is 5.26 Å². The summed E-state index contributed by atoms with van der Waals surface area (Å²) in [5.74, 6) is 0. The fourth-order valence-electron chi connectivity index (χ4n) is 1.31. The van der Waals surface area contributed by atoms with Gasteiger partial charge in [-0.15, -0.1) is 0 Å². The van der Waals surface area contributed by atoms with Crippen LogP contribution in [0.25, 0.3) is 10.8 Å². The van der Waals surface area contributed by atoms with Crippen LogP contribution in [0, 0.1) is 11.3 Å². The first-order valence-electron chi connectivity index (χ1n) is 3.87. The summed E-state index contributed by atoms with van der Waals surface area (Å²) in [4.78, 5) is 3.94. The first-order chi connectivity index (χ1) is 6.74. The number of aromatic nitrogens is 1. The molecule has 0 aliphatic carbocycles. The summed E-state index contributed by atoms with van der Waals surface area (Å²) >= 11 is 9.21. The Labute approximate surface area is 94.3 Å². The van der Waals surface area contributed by atoms with Gasteiger partial charge in [-0.25, -0.2) is 4.98 Å². The second-order valence-electron chi connectivity index (χ2n) is 2.74. The molecule has 1 heterocycles. The Bertz CT molecular complexity index is 546. The molecule has 0 saturated heterocycles. The highest BCUT2D eigenvalue weighted by Crippen LogP contribution is 2.29. The van der Waals surface area contributed by atoms with E-state index in [4.69, 9.17) is 16.9 Å². The van der Waals surface area contributed by atoms with E-state index in [1.165, 1.54) is 0 Å². The molecule has 0 saturated carbocycles. The normalized spacial score (nSPS) is 10.1. The topological polar surface area (TPSA) is 36.7 Å². The highest BCUT2D eigenvalue weighted by molar-refractivity contribution is 9.10. The van der Waals surface area contributed by atoms with Crippen LogP contribution in [0.3, 0.4) is 0 Å². The Kier molecular flexibility index (Phi) is 2.40. The monoisotopic (exact) mass is 266 g/mol. The highest BCUT2D eigenvalue weighted by atomic mass is 79.9. The average molecular weight is 268 g/mol. The van der Waals surface area contributed by atoms with Gasteiger partial charge in [-0.1, -0.05) is 39.7 Å². The molecule has 0 radical (unpaired) electrons. The van der Waals surface area contributed by atoms with Gasteiger partial charge in [-0.05, 0) is 6.07 Å². The maximum Gasteiger partial charge on any atom is 0.147 e. The van der Waals surface area contributed by atoms with Crippen LogP contribution in [0.1, 0.15) is 5.56 Å². The van der Waals surface area contributed by atoms with E-state index in [1.54, 1.807) is 6.20 Å². The van der Waals surface area contributed by atoms with Crippen molar-refractivity contribution in [2.24, 2.45) is 0 Å². The van der Waals surface area contributed by atoms with Gasteiger partial charge in [0.05, 0.1) is 5.56 Å². The summed E-state index contributed by atoms with van der Waals surface area (Å²) in [5.41, 5.74) is 0.414. The lowest BCUT2D eigenvalue weighted by molar-refractivity contribution is 1.33. The molecule has 0 aliphatic rings. The minimum Gasteiger partial charge on any atom is -0.242 e. The van der Waals surface area contributed by atoms with Crippen molar-refractivity contribution in [3.8, 4) is 6.07 Å². The predicted molar refractivity (Wildman–Crippen MR) is 59.2 cm³/mol. The molecule has 0 N–H and O–H groups in total. The minimum atomic E-state index is 0.243. The largest absolute Gasteiger partial charge is 0.242 e. The Morgan fingerprint density at radius 2 is 2.21 bits per heavy atom. The Hall–Kier alpha value is -1.11. The first-order valence-corrected chi connectivity index (χ1v) is 5.04. The number of nitrogens with zero attached hydrogens (tertiary/aromatic N) is 2. The third kappa shape index (κ3) is 1.37. The summed E-state index contributed by atoms with van der Waals surface area (Å²) in [6.07, 6.45) is 1.66. The average Bonchev–Trinajstić information content (AvgIpc) is 2.19. The van der Waals surface area contributed by atoms with E-state index in [-0.39, 0.29) is 5.15 Å². The summed E-state index contributed by atoms with van der Waals surface area (Å²) < 4.78 is 0.857. The van der Waals surface area contributed by atoms with E-state index in [2.05, 4.69) is 27.0 Å². The molecule has 14 heavy (non-hydrogen) atoms.